The van der Waals surface area contributed by atoms with E-state index in [9.17, 15) is 4.79 Å². The highest BCUT2D eigenvalue weighted by Gasteiger charge is 2.37. The quantitative estimate of drug-likeness (QED) is 0.592. The summed E-state index contributed by atoms with van der Waals surface area (Å²) >= 11 is 0. The Morgan fingerprint density at radius 1 is 1.43 bits per heavy atom. The number of ether oxygens (including phenoxy) is 2. The van der Waals surface area contributed by atoms with E-state index >= 15 is 4.39 Å². The summed E-state index contributed by atoms with van der Waals surface area (Å²) in [5.41, 5.74) is 6.68. The van der Waals surface area contributed by atoms with Gasteiger partial charge < -0.3 is 20.5 Å². The third-order valence-electron chi connectivity index (χ3n) is 4.96. The van der Waals surface area contributed by atoms with Gasteiger partial charge in [-0.3, -0.25) is 4.99 Å². The SMILES string of the molecule is CN=C(/C=C(\N)c1cnn2cc(OC)c(C3(F)CCNCC3)cc12)C(=O)OC. The average molecular weight is 389 g/mol. The molecule has 0 bridgehead atoms. The smallest absolute Gasteiger partial charge is 0.356 e. The highest BCUT2D eigenvalue weighted by atomic mass is 19.1. The van der Waals surface area contributed by atoms with Gasteiger partial charge in [-0.2, -0.15) is 5.10 Å². The largest absolute Gasteiger partial charge is 0.495 e. The van der Waals surface area contributed by atoms with E-state index in [-0.39, 0.29) is 11.4 Å². The molecule has 0 aliphatic carbocycles. The Hall–Kier alpha value is -2.94. The molecular formula is C19H24FN5O3. The number of aliphatic imine (C=N–C) groups is 1. The first-order valence-corrected chi connectivity index (χ1v) is 8.91. The first kappa shape index (κ1) is 19.8. The van der Waals surface area contributed by atoms with Crippen molar-refractivity contribution in [3.63, 3.8) is 0 Å². The normalized spacial score (nSPS) is 17.6. The van der Waals surface area contributed by atoms with Gasteiger partial charge in [-0.25, -0.2) is 13.7 Å². The Labute approximate surface area is 162 Å². The molecule has 0 radical (unpaired) electrons. The highest BCUT2D eigenvalue weighted by Crippen LogP contribution is 2.41. The minimum Gasteiger partial charge on any atom is -0.495 e. The fraction of sp³-hybridized carbons (Fsp3) is 0.421. The van der Waals surface area contributed by atoms with E-state index in [2.05, 4.69) is 20.1 Å². The number of rotatable bonds is 5. The van der Waals surface area contributed by atoms with Crippen LogP contribution in [-0.4, -0.2) is 55.7 Å². The van der Waals surface area contributed by atoms with Crippen LogP contribution in [0.15, 0.2) is 29.5 Å². The van der Waals surface area contributed by atoms with Crippen molar-refractivity contribution < 1.29 is 18.7 Å². The Morgan fingerprint density at radius 3 is 2.75 bits per heavy atom. The summed E-state index contributed by atoms with van der Waals surface area (Å²) in [6, 6.07) is 1.72. The molecule has 2 aromatic rings. The Kier molecular flexibility index (Phi) is 5.64. The molecule has 9 heteroatoms. The number of nitrogens with zero attached hydrogens (tertiary/aromatic N) is 3. The summed E-state index contributed by atoms with van der Waals surface area (Å²) in [4.78, 5) is 15.6. The van der Waals surface area contributed by atoms with Crippen LogP contribution in [0, 0.1) is 0 Å². The van der Waals surface area contributed by atoms with Gasteiger partial charge in [0.25, 0.3) is 0 Å². The molecular weight excluding hydrogens is 365 g/mol. The minimum absolute atomic E-state index is 0.0772. The molecule has 3 rings (SSSR count). The number of hydrogen-bond acceptors (Lipinski definition) is 7. The molecule has 0 atom stereocenters. The average Bonchev–Trinajstić information content (AvgIpc) is 3.13. The van der Waals surface area contributed by atoms with Crippen LogP contribution < -0.4 is 15.8 Å². The zero-order chi connectivity index (χ0) is 20.3. The molecule has 1 aliphatic rings. The summed E-state index contributed by atoms with van der Waals surface area (Å²) in [5.74, 6) is -0.166. The molecule has 0 saturated carbocycles. The van der Waals surface area contributed by atoms with Crippen molar-refractivity contribution in [3.8, 4) is 5.75 Å². The van der Waals surface area contributed by atoms with Crippen LogP contribution in [0.25, 0.3) is 11.2 Å². The monoisotopic (exact) mass is 389 g/mol. The molecule has 8 nitrogen and oxygen atoms in total. The summed E-state index contributed by atoms with van der Waals surface area (Å²) in [6.45, 7) is 1.18. The van der Waals surface area contributed by atoms with Crippen LogP contribution in [0.5, 0.6) is 5.75 Å². The van der Waals surface area contributed by atoms with Gasteiger partial charge in [-0.05, 0) is 38.1 Å². The number of nitrogens with two attached hydrogens (primary N) is 1. The molecule has 0 unspecified atom stereocenters. The molecule has 1 saturated heterocycles. The molecule has 28 heavy (non-hydrogen) atoms. The number of pyridine rings is 1. The maximum absolute atomic E-state index is 15.7. The summed E-state index contributed by atoms with van der Waals surface area (Å²) in [7, 11) is 4.25. The van der Waals surface area contributed by atoms with Crippen LogP contribution in [-0.2, 0) is 15.2 Å². The standard InChI is InChI=1S/C19H24FN5O3/c1-22-15(18(26)28-3)9-14(21)12-10-24-25-11-17(27-2)13(8-16(12)25)19(20)4-6-23-7-5-19/h8-11,23H,4-7,21H2,1-3H3/b14-9-,22-15?. The number of halogens is 1. The van der Waals surface area contributed by atoms with Crippen molar-refractivity contribution in [3.05, 3.63) is 35.7 Å². The van der Waals surface area contributed by atoms with Gasteiger partial charge in [0.2, 0.25) is 0 Å². The number of nitrogens with one attached hydrogen (secondary N) is 1. The molecule has 2 aromatic heterocycles. The molecule has 3 N–H and O–H groups in total. The number of esters is 1. The number of hydrogen-bond donors (Lipinski definition) is 2. The first-order chi connectivity index (χ1) is 13.4. The van der Waals surface area contributed by atoms with Crippen molar-refractivity contribution >= 4 is 22.9 Å². The van der Waals surface area contributed by atoms with Gasteiger partial charge in [0.1, 0.15) is 17.1 Å². The number of carbonyl (C=O) groups excluding carboxylic acids is 1. The van der Waals surface area contributed by atoms with Crippen molar-refractivity contribution in [2.45, 2.75) is 18.5 Å². The molecule has 0 aromatic carbocycles. The van der Waals surface area contributed by atoms with Gasteiger partial charge >= 0.3 is 5.97 Å². The third-order valence-corrected chi connectivity index (χ3v) is 4.96. The molecule has 0 amide bonds. The number of piperidine rings is 1. The van der Waals surface area contributed by atoms with E-state index in [0.717, 1.165) is 0 Å². The van der Waals surface area contributed by atoms with Gasteiger partial charge in [0.15, 0.2) is 0 Å². The highest BCUT2D eigenvalue weighted by molar-refractivity contribution is 6.42. The molecule has 1 fully saturated rings. The van der Waals surface area contributed by atoms with Crippen molar-refractivity contribution in [2.24, 2.45) is 10.7 Å². The Bertz CT molecular complexity index is 944. The molecule has 3 heterocycles. The van der Waals surface area contributed by atoms with E-state index in [1.807, 2.05) is 0 Å². The van der Waals surface area contributed by atoms with Gasteiger partial charge in [0, 0.05) is 23.9 Å². The second-order valence-electron chi connectivity index (χ2n) is 6.56. The van der Waals surface area contributed by atoms with Crippen molar-refractivity contribution in [2.75, 3.05) is 34.4 Å². The minimum atomic E-state index is -1.50. The first-order valence-electron chi connectivity index (χ1n) is 8.91. The zero-order valence-corrected chi connectivity index (χ0v) is 16.2. The van der Waals surface area contributed by atoms with E-state index < -0.39 is 11.6 Å². The van der Waals surface area contributed by atoms with Crippen LogP contribution >= 0.6 is 0 Å². The fourth-order valence-corrected chi connectivity index (χ4v) is 3.38. The van der Waals surface area contributed by atoms with Crippen molar-refractivity contribution in [1.29, 1.82) is 0 Å². The second kappa shape index (κ2) is 7.97. The Balaban J connectivity index is 2.11. The van der Waals surface area contributed by atoms with E-state index in [0.29, 0.717) is 48.3 Å². The predicted molar refractivity (Wildman–Crippen MR) is 104 cm³/mol. The van der Waals surface area contributed by atoms with Crippen molar-refractivity contribution in [1.82, 2.24) is 14.9 Å². The van der Waals surface area contributed by atoms with E-state index in [4.69, 9.17) is 10.5 Å². The third kappa shape index (κ3) is 3.57. The summed E-state index contributed by atoms with van der Waals surface area (Å²) < 4.78 is 27.3. The van der Waals surface area contributed by atoms with E-state index in [1.165, 1.54) is 27.3 Å². The van der Waals surface area contributed by atoms with Crippen LogP contribution in [0.1, 0.15) is 24.0 Å². The zero-order valence-electron chi connectivity index (χ0n) is 16.2. The number of carbonyl (C=O) groups is 1. The molecule has 150 valence electrons. The second-order valence-corrected chi connectivity index (χ2v) is 6.56. The maximum atomic E-state index is 15.7. The van der Waals surface area contributed by atoms with Crippen LogP contribution in [0.4, 0.5) is 4.39 Å². The lowest BCUT2D eigenvalue weighted by atomic mass is 9.86. The number of fused-ring (bicyclic) bond motifs is 1. The lowest BCUT2D eigenvalue weighted by molar-refractivity contribution is -0.132. The number of alkyl halides is 1. The summed E-state index contributed by atoms with van der Waals surface area (Å²) in [5, 5.41) is 7.45. The lowest BCUT2D eigenvalue weighted by Crippen LogP contribution is -2.37. The van der Waals surface area contributed by atoms with Crippen LogP contribution in [0.2, 0.25) is 0 Å². The van der Waals surface area contributed by atoms with Crippen LogP contribution in [0.3, 0.4) is 0 Å². The van der Waals surface area contributed by atoms with Gasteiger partial charge in [0.05, 0.1) is 32.1 Å². The fourth-order valence-electron chi connectivity index (χ4n) is 3.38. The summed E-state index contributed by atoms with van der Waals surface area (Å²) in [6.07, 6.45) is 5.32. The number of aromatic nitrogens is 2. The number of methoxy groups -OCH3 is 2. The topological polar surface area (TPSA) is 103 Å². The molecule has 1 aliphatic heterocycles. The van der Waals surface area contributed by atoms with Gasteiger partial charge in [-0.15, -0.1) is 0 Å². The van der Waals surface area contributed by atoms with E-state index in [1.54, 1.807) is 23.0 Å². The Morgan fingerprint density at radius 2 is 2.14 bits per heavy atom. The maximum Gasteiger partial charge on any atom is 0.356 e. The molecule has 0 spiro atoms. The predicted octanol–water partition coefficient (Wildman–Crippen LogP) is 1.43. The van der Waals surface area contributed by atoms with Gasteiger partial charge in [-0.1, -0.05) is 0 Å². The lowest BCUT2D eigenvalue weighted by Gasteiger charge is -2.31.